The zero-order valence-electron chi connectivity index (χ0n) is 28.7. The average molecular weight is 681 g/mol. The Balaban J connectivity index is 0.00000722. The van der Waals surface area contributed by atoms with Gasteiger partial charge in [-0.3, -0.25) is 0 Å². The van der Waals surface area contributed by atoms with Crippen molar-refractivity contribution in [3.8, 4) is 0 Å². The van der Waals surface area contributed by atoms with Crippen molar-refractivity contribution in [3.05, 3.63) is 0 Å². The van der Waals surface area contributed by atoms with Crippen molar-refractivity contribution < 1.29 is 42.9 Å². The number of unbranched alkanes of at least 4 members (excludes halogenated alkanes) is 2. The van der Waals surface area contributed by atoms with Gasteiger partial charge in [0, 0.05) is 0 Å². The highest BCUT2D eigenvalue weighted by Crippen LogP contribution is 2.47. The van der Waals surface area contributed by atoms with Crippen molar-refractivity contribution in [2.24, 2.45) is 34.5 Å². The normalized spacial score (nSPS) is 28.6. The molecule has 6 unspecified atom stereocenters. The summed E-state index contributed by atoms with van der Waals surface area (Å²) in [6, 6.07) is 1.53. The molecule has 0 aromatic rings. The fourth-order valence-electron chi connectivity index (χ4n) is 8.62. The van der Waals surface area contributed by atoms with Crippen LogP contribution in [-0.2, 0) is 0 Å². The van der Waals surface area contributed by atoms with Crippen LogP contribution < -0.4 is 34.0 Å². The van der Waals surface area contributed by atoms with E-state index in [1.54, 1.807) is 0 Å². The molecule has 2 fully saturated rings. The maximum absolute atomic E-state index is 2.54. The number of nitrogens with zero attached hydrogens (tertiary/aromatic N) is 2. The monoisotopic (exact) mass is 678 g/mol. The molecule has 0 spiro atoms. The molecule has 0 amide bonds. The van der Waals surface area contributed by atoms with Gasteiger partial charge in [0.1, 0.15) is 0 Å². The minimum atomic E-state index is 0. The average Bonchev–Trinajstić information content (AvgIpc) is 2.76. The molecule has 2 aliphatic rings. The summed E-state index contributed by atoms with van der Waals surface area (Å²) in [4.78, 5) is 0. The molecule has 236 valence electrons. The van der Waals surface area contributed by atoms with E-state index in [4.69, 9.17) is 0 Å². The lowest BCUT2D eigenvalue weighted by Crippen LogP contribution is -3.00. The molecule has 2 nitrogen and oxygen atoms in total. The van der Waals surface area contributed by atoms with Crippen LogP contribution in [0.5, 0.6) is 0 Å². The molecule has 0 aromatic carbocycles. The molecule has 0 radical (unpaired) electrons. The Hall–Kier alpha value is 0.880. The maximum Gasteiger partial charge on any atom is 0.0857 e. The summed E-state index contributed by atoms with van der Waals surface area (Å²) in [5.41, 5.74) is 1.09. The van der Waals surface area contributed by atoms with Gasteiger partial charge in [-0.05, 0) is 106 Å². The molecule has 0 heterocycles. The van der Waals surface area contributed by atoms with Gasteiger partial charge in [0.2, 0.25) is 0 Å². The summed E-state index contributed by atoms with van der Waals surface area (Å²) in [6.07, 6.45) is 18.4. The van der Waals surface area contributed by atoms with Crippen LogP contribution in [-0.4, -0.2) is 62.3 Å². The van der Waals surface area contributed by atoms with Gasteiger partial charge in [-0.15, -0.1) is 0 Å². The van der Waals surface area contributed by atoms with Gasteiger partial charge in [0.25, 0.3) is 0 Å². The molecule has 0 bridgehead atoms. The van der Waals surface area contributed by atoms with E-state index < -0.39 is 0 Å². The Bertz CT molecular complexity index is 616. The quantitative estimate of drug-likeness (QED) is 0.195. The summed E-state index contributed by atoms with van der Waals surface area (Å²) in [7, 11) is 9.98. The topological polar surface area (TPSA) is 0 Å². The Morgan fingerprint density at radius 1 is 0.615 bits per heavy atom. The van der Waals surface area contributed by atoms with Crippen LogP contribution in [0.15, 0.2) is 0 Å². The summed E-state index contributed by atoms with van der Waals surface area (Å²) < 4.78 is 2.40. The first-order chi connectivity index (χ1) is 17.0. The first-order valence-corrected chi connectivity index (χ1v) is 16.6. The number of halogens is 2. The second-order valence-corrected chi connectivity index (χ2v) is 16.8. The van der Waals surface area contributed by atoms with Crippen molar-refractivity contribution in [1.82, 2.24) is 0 Å². The Kier molecular flexibility index (Phi) is 17.0. The smallest absolute Gasteiger partial charge is 0.0857 e. The van der Waals surface area contributed by atoms with E-state index >= 15 is 0 Å². The van der Waals surface area contributed by atoms with Crippen LogP contribution >= 0.6 is 0 Å². The van der Waals surface area contributed by atoms with E-state index in [1.807, 2.05) is 0 Å². The third-order valence-electron chi connectivity index (χ3n) is 12.5. The molecule has 6 atom stereocenters. The van der Waals surface area contributed by atoms with Gasteiger partial charge in [-0.1, -0.05) is 67.2 Å². The van der Waals surface area contributed by atoms with Crippen molar-refractivity contribution in [2.45, 2.75) is 151 Å². The lowest BCUT2D eigenvalue weighted by atomic mass is 9.62. The number of hydrogen-bond acceptors (Lipinski definition) is 0. The first kappa shape index (κ1) is 39.9. The fourth-order valence-corrected chi connectivity index (χ4v) is 8.62. The van der Waals surface area contributed by atoms with Crippen LogP contribution in [0.4, 0.5) is 0 Å². The minimum Gasteiger partial charge on any atom is -1.00 e. The fraction of sp³-hybridized carbons (Fsp3) is 1.00. The lowest BCUT2D eigenvalue weighted by molar-refractivity contribution is -0.915. The van der Waals surface area contributed by atoms with Crippen molar-refractivity contribution >= 4 is 0 Å². The molecular weight excluding hydrogens is 608 g/mol. The highest BCUT2D eigenvalue weighted by Gasteiger charge is 2.39. The van der Waals surface area contributed by atoms with Crippen LogP contribution in [0.25, 0.3) is 0 Å². The third kappa shape index (κ3) is 11.8. The largest absolute Gasteiger partial charge is 1.00 e. The first-order valence-electron chi connectivity index (χ1n) is 16.6. The number of hydrogen-bond donors (Lipinski definition) is 0. The molecule has 2 saturated carbocycles. The zero-order chi connectivity index (χ0) is 28.1. The predicted octanol–water partition coefficient (Wildman–Crippen LogP) is 3.58. The van der Waals surface area contributed by atoms with Gasteiger partial charge in [0.15, 0.2) is 0 Å². The van der Waals surface area contributed by atoms with Gasteiger partial charge >= 0.3 is 0 Å². The molecular formula is C35H72Br2N2. The van der Waals surface area contributed by atoms with Gasteiger partial charge in [-0.25, -0.2) is 0 Å². The third-order valence-corrected chi connectivity index (χ3v) is 12.5. The summed E-state index contributed by atoms with van der Waals surface area (Å²) >= 11 is 0. The SMILES string of the molecule is CC1CCCC(C)(C)C1CCC(C)[N+](C)(C)CCCCC[N+](C)(C)C(C)CCC1C(C)CCCC1(C)C.[Br-].[Br-]. The van der Waals surface area contributed by atoms with E-state index in [0.717, 1.165) is 35.8 Å². The summed E-state index contributed by atoms with van der Waals surface area (Å²) in [5.74, 6) is 3.65. The molecule has 39 heavy (non-hydrogen) atoms. The van der Waals surface area contributed by atoms with Gasteiger partial charge in [0.05, 0.1) is 53.4 Å². The molecule has 0 aromatic heterocycles. The summed E-state index contributed by atoms with van der Waals surface area (Å²) in [5, 5.41) is 0. The van der Waals surface area contributed by atoms with E-state index in [2.05, 4.69) is 83.6 Å². The van der Waals surface area contributed by atoms with Crippen molar-refractivity contribution in [3.63, 3.8) is 0 Å². The standard InChI is InChI=1S/C35H72N2.2BrH/c1-28-18-16-24-34(5,6)32(28)22-20-30(3)36(9,10)26-14-13-15-27-37(11,12)31(4)21-23-33-29(2)19-17-25-35(33,7)8;;/h28-33H,13-27H2,1-12H3;2*1H/q+2;;/p-2. The highest BCUT2D eigenvalue weighted by molar-refractivity contribution is 4.87. The van der Waals surface area contributed by atoms with E-state index in [0.29, 0.717) is 10.8 Å². The minimum absolute atomic E-state index is 0. The molecule has 2 rings (SSSR count). The second kappa shape index (κ2) is 16.7. The Labute approximate surface area is 268 Å². The van der Waals surface area contributed by atoms with Crippen LogP contribution in [0.3, 0.4) is 0 Å². The zero-order valence-corrected chi connectivity index (χ0v) is 31.9. The van der Waals surface area contributed by atoms with Crippen LogP contribution in [0, 0.1) is 34.5 Å². The predicted molar refractivity (Wildman–Crippen MR) is 166 cm³/mol. The van der Waals surface area contributed by atoms with Crippen LogP contribution in [0.1, 0.15) is 139 Å². The van der Waals surface area contributed by atoms with Crippen molar-refractivity contribution in [1.29, 1.82) is 0 Å². The highest BCUT2D eigenvalue weighted by atomic mass is 79.9. The van der Waals surface area contributed by atoms with Gasteiger partial charge in [-0.2, -0.15) is 0 Å². The van der Waals surface area contributed by atoms with E-state index in [-0.39, 0.29) is 34.0 Å². The molecule has 4 heteroatoms. The molecule has 0 N–H and O–H groups in total. The lowest BCUT2D eigenvalue weighted by Gasteiger charge is -2.45. The van der Waals surface area contributed by atoms with E-state index in [9.17, 15) is 0 Å². The maximum atomic E-state index is 2.54. The summed E-state index contributed by atoms with van der Waals surface area (Å²) in [6.45, 7) is 22.9. The number of quaternary nitrogens is 2. The van der Waals surface area contributed by atoms with Crippen LogP contribution in [0.2, 0.25) is 0 Å². The Morgan fingerprint density at radius 2 is 0.949 bits per heavy atom. The molecule has 2 aliphatic carbocycles. The number of rotatable bonds is 14. The molecule has 0 saturated heterocycles. The second-order valence-electron chi connectivity index (χ2n) is 16.8. The Morgan fingerprint density at radius 3 is 1.26 bits per heavy atom. The van der Waals surface area contributed by atoms with Crippen molar-refractivity contribution in [2.75, 3.05) is 41.3 Å². The van der Waals surface area contributed by atoms with Gasteiger partial charge < -0.3 is 42.9 Å². The molecule has 0 aliphatic heterocycles. The van der Waals surface area contributed by atoms with E-state index in [1.165, 1.54) is 106 Å².